The maximum atomic E-state index is 8.31. The Kier molecular flexibility index (Phi) is 5.80. The average Bonchev–Trinajstić information content (AvgIpc) is 3.85. The summed E-state index contributed by atoms with van der Waals surface area (Å²) in [5.74, 6) is 1.26. The number of aryl methyl sites for hydroxylation is 1. The van der Waals surface area contributed by atoms with Gasteiger partial charge in [0, 0.05) is 17.0 Å². The lowest BCUT2D eigenvalue weighted by Crippen LogP contribution is -2.29. The smallest absolute Gasteiger partial charge is 0.249 e. The van der Waals surface area contributed by atoms with Gasteiger partial charge in [-0.15, -0.1) is 0 Å². The first-order valence-electron chi connectivity index (χ1n) is 19.1. The normalized spacial score (nSPS) is 14.5. The van der Waals surface area contributed by atoms with Gasteiger partial charge in [0.25, 0.3) is 0 Å². The summed E-state index contributed by atoms with van der Waals surface area (Å²) in [6, 6.07) is 53.7. The van der Waals surface area contributed by atoms with Crippen molar-refractivity contribution in [2.75, 3.05) is 0 Å². The van der Waals surface area contributed by atoms with E-state index in [2.05, 4.69) is 146 Å². The molecule has 4 nitrogen and oxygen atoms in total. The highest BCUT2D eigenvalue weighted by atomic mass is 15.1. The maximum absolute atomic E-state index is 8.31. The van der Waals surface area contributed by atoms with Crippen LogP contribution in [0.2, 0.25) is 0 Å². The van der Waals surface area contributed by atoms with Crippen LogP contribution >= 0.6 is 0 Å². The average molecular weight is 661 g/mol. The van der Waals surface area contributed by atoms with Gasteiger partial charge in [0.1, 0.15) is 11.5 Å². The third-order valence-corrected chi connectivity index (χ3v) is 10.9. The number of hydrogen-bond donors (Lipinski definition) is 0. The molecule has 0 spiro atoms. The third-order valence-electron chi connectivity index (χ3n) is 10.9. The molecule has 10 rings (SSSR count). The highest BCUT2D eigenvalue weighted by Crippen LogP contribution is 2.56. The van der Waals surface area contributed by atoms with E-state index < -0.39 is 12.4 Å². The minimum Gasteiger partial charge on any atom is -0.294 e. The number of rotatable bonds is 5. The van der Waals surface area contributed by atoms with Crippen LogP contribution in [0.5, 0.6) is 0 Å². The SMILES string of the molecule is [2H]C([2H])([2H])[n+]1cn(-c2cccc(C3(c4ccc5c6ccccc6n(-c6cc(C(C)C)ccn6)c5c4)c4ccccc4-c4ccccc43)c2)c2ccccc21. The first-order valence-corrected chi connectivity index (χ1v) is 17.6. The molecular formula is C47H37N4+. The molecule has 0 saturated heterocycles. The van der Waals surface area contributed by atoms with Crippen molar-refractivity contribution in [1.82, 2.24) is 14.1 Å². The van der Waals surface area contributed by atoms with Crippen molar-refractivity contribution in [3.8, 4) is 22.6 Å². The number of fused-ring (bicyclic) bond motifs is 7. The molecule has 0 radical (unpaired) electrons. The molecule has 0 amide bonds. The van der Waals surface area contributed by atoms with Gasteiger partial charge in [-0.1, -0.05) is 117 Å². The predicted molar refractivity (Wildman–Crippen MR) is 208 cm³/mol. The van der Waals surface area contributed by atoms with Crippen molar-refractivity contribution < 1.29 is 8.68 Å². The monoisotopic (exact) mass is 660 g/mol. The standard InChI is InChI=1S/C47H37N4/c1-31(2)32-25-26-48-46(27-32)51-42-20-9-6-17-38(42)39-24-23-34(29-45(39)51)47(40-18-7-4-15-36(40)37-16-5-8-19-41(37)47)33-13-12-14-35(28-33)50-30-49(3)43-21-10-11-22-44(43)50/h4-31H,1-3H3/q+1/i3D3. The number of imidazole rings is 1. The fraction of sp³-hybridized carbons (Fsp3) is 0.106. The van der Waals surface area contributed by atoms with E-state index in [1.165, 1.54) is 43.2 Å². The minimum absolute atomic E-state index is 0.365. The summed E-state index contributed by atoms with van der Waals surface area (Å²) >= 11 is 0. The van der Waals surface area contributed by atoms with Gasteiger partial charge in [-0.25, -0.2) is 9.55 Å². The first kappa shape index (κ1) is 26.6. The van der Waals surface area contributed by atoms with Crippen LogP contribution in [0, 0.1) is 0 Å². The molecule has 3 heterocycles. The number of pyridine rings is 1. The van der Waals surface area contributed by atoms with E-state index in [1.54, 1.807) is 6.33 Å². The summed E-state index contributed by atoms with van der Waals surface area (Å²) in [4.78, 5) is 4.95. The molecule has 1 aliphatic carbocycles. The van der Waals surface area contributed by atoms with Crippen molar-refractivity contribution in [3.05, 3.63) is 192 Å². The van der Waals surface area contributed by atoms with E-state index in [0.717, 1.165) is 39.2 Å². The molecule has 6 aromatic carbocycles. The molecule has 0 atom stereocenters. The number of benzene rings is 6. The summed E-state index contributed by atoms with van der Waals surface area (Å²) in [6.07, 6.45) is 3.63. The van der Waals surface area contributed by atoms with Crippen LogP contribution in [0.3, 0.4) is 0 Å². The van der Waals surface area contributed by atoms with Crippen molar-refractivity contribution in [3.63, 3.8) is 0 Å². The highest BCUT2D eigenvalue weighted by Gasteiger charge is 2.46. The van der Waals surface area contributed by atoms with Crippen molar-refractivity contribution in [1.29, 1.82) is 0 Å². The van der Waals surface area contributed by atoms with Crippen LogP contribution in [0.1, 0.15) is 51.7 Å². The Hall–Kier alpha value is -6.26. The third kappa shape index (κ3) is 4.20. The van der Waals surface area contributed by atoms with Gasteiger partial charge in [0.2, 0.25) is 6.33 Å². The summed E-state index contributed by atoms with van der Waals surface area (Å²) in [5.41, 5.74) is 12.2. The Morgan fingerprint density at radius 2 is 1.31 bits per heavy atom. The van der Waals surface area contributed by atoms with E-state index in [1.807, 2.05) is 35.0 Å². The van der Waals surface area contributed by atoms with Crippen molar-refractivity contribution in [2.24, 2.45) is 6.98 Å². The van der Waals surface area contributed by atoms with Gasteiger partial charge in [0.05, 0.1) is 27.5 Å². The van der Waals surface area contributed by atoms with Crippen LogP contribution in [-0.4, -0.2) is 14.1 Å². The van der Waals surface area contributed by atoms with Crippen LogP contribution in [-0.2, 0) is 12.4 Å². The predicted octanol–water partition coefficient (Wildman–Crippen LogP) is 10.4. The highest BCUT2D eigenvalue weighted by molar-refractivity contribution is 6.09. The summed E-state index contributed by atoms with van der Waals surface area (Å²) in [7, 11) is 0. The Labute approximate surface area is 301 Å². The first-order chi connectivity index (χ1) is 26.2. The molecule has 0 unspecified atom stereocenters. The van der Waals surface area contributed by atoms with E-state index in [-0.39, 0.29) is 0 Å². The van der Waals surface area contributed by atoms with E-state index in [4.69, 9.17) is 9.10 Å². The van der Waals surface area contributed by atoms with Gasteiger partial charge in [-0.2, -0.15) is 4.57 Å². The molecule has 51 heavy (non-hydrogen) atoms. The van der Waals surface area contributed by atoms with Gasteiger partial charge in [0.15, 0.2) is 11.0 Å². The van der Waals surface area contributed by atoms with Crippen molar-refractivity contribution >= 4 is 32.8 Å². The zero-order valence-electron chi connectivity index (χ0n) is 31.5. The minimum atomic E-state index is -2.33. The number of nitrogens with zero attached hydrogens (tertiary/aromatic N) is 4. The fourth-order valence-electron chi connectivity index (χ4n) is 8.60. The fourth-order valence-corrected chi connectivity index (χ4v) is 8.60. The Morgan fingerprint density at radius 3 is 2.10 bits per heavy atom. The molecule has 4 heteroatoms. The van der Waals surface area contributed by atoms with Crippen LogP contribution in [0.25, 0.3) is 55.5 Å². The van der Waals surface area contributed by atoms with E-state index >= 15 is 0 Å². The Bertz CT molecular complexity index is 2890. The van der Waals surface area contributed by atoms with Crippen molar-refractivity contribution in [2.45, 2.75) is 25.2 Å². The van der Waals surface area contributed by atoms with E-state index in [0.29, 0.717) is 11.4 Å². The molecule has 244 valence electrons. The topological polar surface area (TPSA) is 26.6 Å². The van der Waals surface area contributed by atoms with E-state index in [9.17, 15) is 0 Å². The molecule has 3 aromatic heterocycles. The number of hydrogen-bond acceptors (Lipinski definition) is 1. The van der Waals surface area contributed by atoms with Crippen LogP contribution in [0.15, 0.2) is 164 Å². The molecule has 1 aliphatic rings. The second-order valence-corrected chi connectivity index (χ2v) is 13.9. The lowest BCUT2D eigenvalue weighted by Gasteiger charge is -2.34. The van der Waals surface area contributed by atoms with Gasteiger partial charge in [-0.05, 0) is 93.4 Å². The quantitative estimate of drug-likeness (QED) is 0.169. The van der Waals surface area contributed by atoms with Gasteiger partial charge < -0.3 is 0 Å². The Morgan fingerprint density at radius 1 is 0.627 bits per heavy atom. The molecule has 0 N–H and O–H groups in total. The molecule has 0 saturated carbocycles. The Balaban J connectivity index is 1.29. The lowest BCUT2D eigenvalue weighted by atomic mass is 9.67. The van der Waals surface area contributed by atoms with Crippen LogP contribution < -0.4 is 4.57 Å². The van der Waals surface area contributed by atoms with Crippen LogP contribution in [0.4, 0.5) is 0 Å². The van der Waals surface area contributed by atoms with Gasteiger partial charge in [-0.3, -0.25) is 4.57 Å². The zero-order valence-corrected chi connectivity index (χ0v) is 28.5. The number of para-hydroxylation sites is 3. The summed E-state index contributed by atoms with van der Waals surface area (Å²) in [6.45, 7) is 2.11. The zero-order chi connectivity index (χ0) is 36.8. The second-order valence-electron chi connectivity index (χ2n) is 13.9. The molecule has 0 bridgehead atoms. The largest absolute Gasteiger partial charge is 0.294 e. The molecule has 0 fully saturated rings. The number of aromatic nitrogens is 4. The van der Waals surface area contributed by atoms with Gasteiger partial charge >= 0.3 is 0 Å². The molecular weight excluding hydrogens is 621 g/mol. The lowest BCUT2D eigenvalue weighted by molar-refractivity contribution is -0.645. The second kappa shape index (κ2) is 11.1. The molecule has 9 aromatic rings. The summed E-state index contributed by atoms with van der Waals surface area (Å²) < 4.78 is 30.6. The summed E-state index contributed by atoms with van der Waals surface area (Å²) in [5, 5.41) is 2.35. The molecule has 0 aliphatic heterocycles. The maximum Gasteiger partial charge on any atom is 0.249 e.